The summed E-state index contributed by atoms with van der Waals surface area (Å²) < 4.78 is 13.8. The molecule has 1 saturated carbocycles. The molecule has 0 atom stereocenters. The Morgan fingerprint density at radius 2 is 2.20 bits per heavy atom. The molecule has 4 heteroatoms. The number of halogens is 1. The zero-order chi connectivity index (χ0) is 14.8. The SMILES string of the molecule is CC(C)(NC(=O)c1cc(C#CCO)ccc1F)C1CC1. The van der Waals surface area contributed by atoms with E-state index in [0.29, 0.717) is 11.5 Å². The predicted molar refractivity (Wildman–Crippen MR) is 74.6 cm³/mol. The van der Waals surface area contributed by atoms with Gasteiger partial charge in [0, 0.05) is 11.1 Å². The van der Waals surface area contributed by atoms with Crippen molar-refractivity contribution in [1.82, 2.24) is 5.32 Å². The van der Waals surface area contributed by atoms with Gasteiger partial charge in [-0.25, -0.2) is 4.39 Å². The number of aliphatic hydroxyl groups excluding tert-OH is 1. The van der Waals surface area contributed by atoms with Crippen molar-refractivity contribution in [2.24, 2.45) is 5.92 Å². The van der Waals surface area contributed by atoms with Crippen LogP contribution in [0.5, 0.6) is 0 Å². The molecule has 0 radical (unpaired) electrons. The highest BCUT2D eigenvalue weighted by Gasteiger charge is 2.39. The first-order chi connectivity index (χ1) is 9.44. The van der Waals surface area contributed by atoms with Crippen molar-refractivity contribution in [2.45, 2.75) is 32.2 Å². The van der Waals surface area contributed by atoms with Crippen LogP contribution in [0, 0.1) is 23.6 Å². The second-order valence-electron chi connectivity index (χ2n) is 5.60. The molecule has 0 unspecified atom stereocenters. The van der Waals surface area contributed by atoms with Crippen LogP contribution in [0.1, 0.15) is 42.6 Å². The van der Waals surface area contributed by atoms with Crippen molar-refractivity contribution < 1.29 is 14.3 Å². The third-order valence-electron chi connectivity index (χ3n) is 3.56. The molecule has 1 aromatic rings. The summed E-state index contributed by atoms with van der Waals surface area (Å²) in [6.07, 6.45) is 2.19. The van der Waals surface area contributed by atoms with Gasteiger partial charge in [0.15, 0.2) is 0 Å². The Labute approximate surface area is 118 Å². The molecule has 0 aliphatic heterocycles. The maximum atomic E-state index is 13.8. The predicted octanol–water partition coefficient (Wildman–Crippen LogP) is 2.09. The molecule has 0 bridgehead atoms. The Kier molecular flexibility index (Phi) is 4.10. The highest BCUT2D eigenvalue weighted by molar-refractivity contribution is 5.95. The molecule has 20 heavy (non-hydrogen) atoms. The molecule has 2 rings (SSSR count). The Morgan fingerprint density at radius 1 is 1.50 bits per heavy atom. The molecule has 1 aromatic carbocycles. The van der Waals surface area contributed by atoms with E-state index in [1.54, 1.807) is 0 Å². The second kappa shape index (κ2) is 5.64. The van der Waals surface area contributed by atoms with Crippen LogP contribution in [0.25, 0.3) is 0 Å². The molecule has 1 amide bonds. The van der Waals surface area contributed by atoms with Gasteiger partial charge < -0.3 is 10.4 Å². The monoisotopic (exact) mass is 275 g/mol. The lowest BCUT2D eigenvalue weighted by molar-refractivity contribution is 0.0899. The molecule has 1 aliphatic carbocycles. The number of carbonyl (C=O) groups is 1. The molecule has 1 aliphatic rings. The van der Waals surface area contributed by atoms with E-state index < -0.39 is 11.7 Å². The number of amides is 1. The van der Waals surface area contributed by atoms with Crippen molar-refractivity contribution in [3.63, 3.8) is 0 Å². The average Bonchev–Trinajstić information content (AvgIpc) is 3.21. The molecule has 106 valence electrons. The minimum absolute atomic E-state index is 0.0107. The van der Waals surface area contributed by atoms with Gasteiger partial charge in [0.1, 0.15) is 12.4 Å². The van der Waals surface area contributed by atoms with Gasteiger partial charge in [0.25, 0.3) is 5.91 Å². The second-order valence-corrected chi connectivity index (χ2v) is 5.60. The van der Waals surface area contributed by atoms with Gasteiger partial charge >= 0.3 is 0 Å². The van der Waals surface area contributed by atoms with E-state index in [1.165, 1.54) is 18.2 Å². The quantitative estimate of drug-likeness (QED) is 0.830. The fourth-order valence-corrected chi connectivity index (χ4v) is 2.19. The molecule has 3 nitrogen and oxygen atoms in total. The van der Waals surface area contributed by atoms with E-state index in [-0.39, 0.29) is 17.7 Å². The summed E-state index contributed by atoms with van der Waals surface area (Å²) >= 11 is 0. The summed E-state index contributed by atoms with van der Waals surface area (Å²) in [7, 11) is 0. The summed E-state index contributed by atoms with van der Waals surface area (Å²) in [5, 5.41) is 11.5. The lowest BCUT2D eigenvalue weighted by Gasteiger charge is -2.26. The van der Waals surface area contributed by atoms with Crippen LogP contribution in [0.15, 0.2) is 18.2 Å². The minimum atomic E-state index is -0.566. The Bertz CT molecular complexity index is 580. The third kappa shape index (κ3) is 3.37. The van der Waals surface area contributed by atoms with E-state index in [1.807, 2.05) is 13.8 Å². The highest BCUT2D eigenvalue weighted by Crippen LogP contribution is 2.39. The maximum Gasteiger partial charge on any atom is 0.254 e. The third-order valence-corrected chi connectivity index (χ3v) is 3.56. The van der Waals surface area contributed by atoms with Crippen LogP contribution in [0.4, 0.5) is 4.39 Å². The van der Waals surface area contributed by atoms with Crippen molar-refractivity contribution in [3.05, 3.63) is 35.1 Å². The first-order valence-electron chi connectivity index (χ1n) is 6.66. The number of aliphatic hydroxyl groups is 1. The zero-order valence-electron chi connectivity index (χ0n) is 11.7. The van der Waals surface area contributed by atoms with E-state index in [9.17, 15) is 9.18 Å². The summed E-state index contributed by atoms with van der Waals surface area (Å²) in [6.45, 7) is 3.64. The number of hydrogen-bond donors (Lipinski definition) is 2. The smallest absolute Gasteiger partial charge is 0.254 e. The lowest BCUT2D eigenvalue weighted by Crippen LogP contribution is -2.45. The number of nitrogens with one attached hydrogen (secondary N) is 1. The molecule has 0 saturated heterocycles. The fraction of sp³-hybridized carbons (Fsp3) is 0.438. The van der Waals surface area contributed by atoms with Gasteiger partial charge in [-0.2, -0.15) is 0 Å². The Morgan fingerprint density at radius 3 is 2.80 bits per heavy atom. The molecule has 0 aromatic heterocycles. The van der Waals surface area contributed by atoms with Gasteiger partial charge in [-0.05, 0) is 50.8 Å². The summed E-state index contributed by atoms with van der Waals surface area (Å²) in [5.74, 6) is 4.62. The summed E-state index contributed by atoms with van der Waals surface area (Å²) in [4.78, 5) is 12.2. The first-order valence-corrected chi connectivity index (χ1v) is 6.66. The number of rotatable bonds is 3. The molecule has 2 N–H and O–H groups in total. The van der Waals surface area contributed by atoms with Gasteiger partial charge in [-0.1, -0.05) is 11.8 Å². The zero-order valence-corrected chi connectivity index (χ0v) is 11.7. The molecule has 1 fully saturated rings. The van der Waals surface area contributed by atoms with Crippen LogP contribution in [0.3, 0.4) is 0 Å². The number of benzene rings is 1. The van der Waals surface area contributed by atoms with Crippen molar-refractivity contribution >= 4 is 5.91 Å². The van der Waals surface area contributed by atoms with Gasteiger partial charge in [-0.3, -0.25) is 4.79 Å². The van der Waals surface area contributed by atoms with Crippen molar-refractivity contribution in [1.29, 1.82) is 0 Å². The van der Waals surface area contributed by atoms with Crippen LogP contribution in [-0.4, -0.2) is 23.2 Å². The van der Waals surface area contributed by atoms with E-state index in [0.717, 1.165) is 12.8 Å². The van der Waals surface area contributed by atoms with Crippen LogP contribution in [-0.2, 0) is 0 Å². The van der Waals surface area contributed by atoms with Crippen LogP contribution < -0.4 is 5.32 Å². The summed E-state index contributed by atoms with van der Waals surface area (Å²) in [6, 6.07) is 4.12. The Hall–Kier alpha value is -1.86. The topological polar surface area (TPSA) is 49.3 Å². The van der Waals surface area contributed by atoms with Crippen LogP contribution >= 0.6 is 0 Å². The van der Waals surface area contributed by atoms with E-state index >= 15 is 0 Å². The average molecular weight is 275 g/mol. The molecule has 0 spiro atoms. The van der Waals surface area contributed by atoms with Gasteiger partial charge in [0.2, 0.25) is 0 Å². The number of hydrogen-bond acceptors (Lipinski definition) is 2. The fourth-order valence-electron chi connectivity index (χ4n) is 2.19. The number of carbonyl (C=O) groups excluding carboxylic acids is 1. The maximum absolute atomic E-state index is 13.8. The van der Waals surface area contributed by atoms with Crippen LogP contribution in [0.2, 0.25) is 0 Å². The van der Waals surface area contributed by atoms with E-state index in [2.05, 4.69) is 17.2 Å². The first kappa shape index (κ1) is 14.5. The molecular weight excluding hydrogens is 257 g/mol. The normalized spacial score (nSPS) is 14.4. The van der Waals surface area contributed by atoms with Crippen molar-refractivity contribution in [2.75, 3.05) is 6.61 Å². The molecular formula is C16H18FNO2. The lowest BCUT2D eigenvalue weighted by atomic mass is 9.98. The largest absolute Gasteiger partial charge is 0.384 e. The highest BCUT2D eigenvalue weighted by atomic mass is 19.1. The van der Waals surface area contributed by atoms with Gasteiger partial charge in [-0.15, -0.1) is 0 Å². The minimum Gasteiger partial charge on any atom is -0.384 e. The standard InChI is InChI=1S/C16H18FNO2/c1-16(2,12-6-7-12)18-15(20)13-10-11(4-3-9-19)5-8-14(13)17/h5,8,10,12,19H,6-7,9H2,1-2H3,(H,18,20). The summed E-state index contributed by atoms with van der Waals surface area (Å²) in [5.41, 5.74) is 0.175. The Balaban J connectivity index is 2.20. The molecule has 0 heterocycles. The van der Waals surface area contributed by atoms with Crippen molar-refractivity contribution in [3.8, 4) is 11.8 Å². The van der Waals surface area contributed by atoms with Gasteiger partial charge in [0.05, 0.1) is 5.56 Å². The van der Waals surface area contributed by atoms with E-state index in [4.69, 9.17) is 5.11 Å².